The van der Waals surface area contributed by atoms with Crippen LogP contribution in [0, 0.1) is 5.92 Å². The summed E-state index contributed by atoms with van der Waals surface area (Å²) in [6, 6.07) is 11.5. The molecule has 2 atom stereocenters. The lowest BCUT2D eigenvalue weighted by atomic mass is 9.84. The molecule has 0 aliphatic carbocycles. The molecule has 2 aliphatic rings. The lowest BCUT2D eigenvalue weighted by Crippen LogP contribution is -2.46. The van der Waals surface area contributed by atoms with Gasteiger partial charge in [-0.05, 0) is 43.1 Å². The fourth-order valence-corrected chi connectivity index (χ4v) is 5.12. The Hall–Kier alpha value is -1.93. The monoisotopic (exact) mass is 452 g/mol. The Kier molecular flexibility index (Phi) is 6.63. The van der Waals surface area contributed by atoms with E-state index >= 15 is 0 Å². The number of hydrogen-bond acceptors (Lipinski definition) is 5. The lowest BCUT2D eigenvalue weighted by molar-refractivity contribution is 0.0948. The van der Waals surface area contributed by atoms with E-state index in [9.17, 15) is 9.59 Å². The number of nitrogens with zero attached hydrogens (tertiary/aromatic N) is 2. The summed E-state index contributed by atoms with van der Waals surface area (Å²) >= 11 is 1.56. The third-order valence-electron chi connectivity index (χ3n) is 5.49. The van der Waals surface area contributed by atoms with Crippen molar-refractivity contribution in [2.24, 2.45) is 5.92 Å². The third-order valence-corrected chi connectivity index (χ3v) is 6.53. The predicted molar refractivity (Wildman–Crippen MR) is 120 cm³/mol. The number of para-hydroxylation sites is 1. The molecule has 0 saturated carbocycles. The maximum atomic E-state index is 12.9. The average molecular weight is 453 g/mol. The normalized spacial score (nSPS) is 19.6. The van der Waals surface area contributed by atoms with Gasteiger partial charge in [0.05, 0.1) is 16.8 Å². The highest BCUT2D eigenvalue weighted by Gasteiger charge is 2.31. The molecule has 29 heavy (non-hydrogen) atoms. The van der Waals surface area contributed by atoms with Gasteiger partial charge >= 0.3 is 0 Å². The molecular weight excluding hydrogens is 431 g/mol. The van der Waals surface area contributed by atoms with Gasteiger partial charge in [0.15, 0.2) is 0 Å². The average Bonchev–Trinajstić information content (AvgIpc) is 3.10. The topological polar surface area (TPSA) is 76.0 Å². The fourth-order valence-electron chi connectivity index (χ4n) is 4.21. The number of pyridine rings is 1. The number of hydrogen-bond donors (Lipinski definition) is 2. The zero-order valence-electron chi connectivity index (χ0n) is 15.6. The minimum Gasteiger partial charge on any atom is -0.345 e. The zero-order chi connectivity index (χ0) is 18.4. The Labute approximate surface area is 184 Å². The summed E-state index contributed by atoms with van der Waals surface area (Å²) in [5, 5.41) is 7.13. The first-order chi connectivity index (χ1) is 13.2. The molecule has 0 unspecified atom stereocenters. The predicted octanol–water partition coefficient (Wildman–Crippen LogP) is 2.94. The van der Waals surface area contributed by atoms with Crippen LogP contribution in [0.1, 0.15) is 33.4 Å². The van der Waals surface area contributed by atoms with Crippen molar-refractivity contribution in [1.82, 2.24) is 20.2 Å². The molecule has 6 nitrogen and oxygen atoms in total. The molecule has 4 heterocycles. The number of aromatic nitrogens is 2. The number of benzene rings is 1. The van der Waals surface area contributed by atoms with Gasteiger partial charge in [0, 0.05) is 24.7 Å². The molecule has 0 radical (unpaired) electrons. The maximum Gasteiger partial charge on any atom is 0.263 e. The number of fused-ring (bicyclic) bond motifs is 5. The Bertz CT molecular complexity index is 1060. The SMILES string of the molecule is Cl.Cl.O=C(NCc1nc2ccccc2s1)c1ccc2n(c1=O)C[C@@H]1CNC[C@H]2C1. The van der Waals surface area contributed by atoms with Gasteiger partial charge in [0.1, 0.15) is 10.6 Å². The second-order valence-electron chi connectivity index (χ2n) is 7.30. The Morgan fingerprint density at radius 3 is 2.86 bits per heavy atom. The summed E-state index contributed by atoms with van der Waals surface area (Å²) in [6.07, 6.45) is 1.12. The van der Waals surface area contributed by atoms with Crippen LogP contribution in [0.2, 0.25) is 0 Å². The molecule has 2 aliphatic heterocycles. The molecule has 2 bridgehead atoms. The van der Waals surface area contributed by atoms with E-state index in [4.69, 9.17) is 0 Å². The molecular formula is C20H22Cl2N4O2S. The number of nitrogens with one attached hydrogen (secondary N) is 2. The highest BCUT2D eigenvalue weighted by atomic mass is 35.5. The van der Waals surface area contributed by atoms with Crippen LogP contribution in [0.3, 0.4) is 0 Å². The summed E-state index contributed by atoms with van der Waals surface area (Å²) in [6.45, 7) is 2.86. The van der Waals surface area contributed by atoms with E-state index in [1.807, 2.05) is 34.9 Å². The van der Waals surface area contributed by atoms with Gasteiger partial charge < -0.3 is 15.2 Å². The molecule has 2 N–H and O–H groups in total. The molecule has 1 aromatic carbocycles. The molecule has 1 fully saturated rings. The summed E-state index contributed by atoms with van der Waals surface area (Å²) in [5.41, 5.74) is 2.02. The smallest absolute Gasteiger partial charge is 0.263 e. The van der Waals surface area contributed by atoms with Gasteiger partial charge in [-0.1, -0.05) is 12.1 Å². The first-order valence-electron chi connectivity index (χ1n) is 9.26. The molecule has 1 saturated heterocycles. The van der Waals surface area contributed by atoms with Crippen LogP contribution in [0.25, 0.3) is 10.2 Å². The second-order valence-corrected chi connectivity index (χ2v) is 8.42. The van der Waals surface area contributed by atoms with Crippen LogP contribution < -0.4 is 16.2 Å². The lowest BCUT2D eigenvalue weighted by Gasteiger charge is -2.37. The van der Waals surface area contributed by atoms with Crippen molar-refractivity contribution in [3.63, 3.8) is 0 Å². The van der Waals surface area contributed by atoms with Crippen LogP contribution in [-0.4, -0.2) is 28.5 Å². The maximum absolute atomic E-state index is 12.9. The standard InChI is InChI=1S/C20H20N4O2S.2ClH/c25-19(22-10-18-23-15-3-1-2-4-17(15)27-18)14-5-6-16-13-7-12(8-21-9-13)11-24(16)20(14)26;;/h1-6,12-13,21H,7-11H2,(H,22,25);2*1H/t12-,13+;;/m0../s1. The highest BCUT2D eigenvalue weighted by Crippen LogP contribution is 2.31. The molecule has 2 aromatic heterocycles. The minimum absolute atomic E-state index is 0. The number of amides is 1. The van der Waals surface area contributed by atoms with Crippen LogP contribution in [0.4, 0.5) is 0 Å². The van der Waals surface area contributed by atoms with Crippen molar-refractivity contribution >= 4 is 52.3 Å². The van der Waals surface area contributed by atoms with E-state index in [1.54, 1.807) is 17.4 Å². The number of halogens is 2. The van der Waals surface area contributed by atoms with E-state index < -0.39 is 0 Å². The largest absolute Gasteiger partial charge is 0.345 e. The molecule has 3 aromatic rings. The van der Waals surface area contributed by atoms with Gasteiger partial charge in [-0.3, -0.25) is 9.59 Å². The van der Waals surface area contributed by atoms with E-state index in [1.165, 1.54) is 0 Å². The van der Waals surface area contributed by atoms with Gasteiger partial charge in [0.2, 0.25) is 0 Å². The second kappa shape index (κ2) is 8.83. The van der Waals surface area contributed by atoms with Gasteiger partial charge in [-0.15, -0.1) is 36.2 Å². The van der Waals surface area contributed by atoms with Gasteiger partial charge in [-0.25, -0.2) is 4.98 Å². The molecule has 5 rings (SSSR count). The first-order valence-corrected chi connectivity index (χ1v) is 10.1. The summed E-state index contributed by atoms with van der Waals surface area (Å²) in [4.78, 5) is 30.1. The zero-order valence-corrected chi connectivity index (χ0v) is 18.0. The number of thiazole rings is 1. The Morgan fingerprint density at radius 2 is 2.03 bits per heavy atom. The van der Waals surface area contributed by atoms with Crippen LogP contribution in [0.5, 0.6) is 0 Å². The van der Waals surface area contributed by atoms with Crippen molar-refractivity contribution in [1.29, 1.82) is 0 Å². The summed E-state index contributed by atoms with van der Waals surface area (Å²) in [5.74, 6) is 0.503. The van der Waals surface area contributed by atoms with Gasteiger partial charge in [0.25, 0.3) is 11.5 Å². The quantitative estimate of drug-likeness (QED) is 0.640. The van der Waals surface area contributed by atoms with E-state index in [0.717, 1.165) is 40.4 Å². The Morgan fingerprint density at radius 1 is 1.21 bits per heavy atom. The molecule has 1 amide bonds. The summed E-state index contributed by atoms with van der Waals surface area (Å²) < 4.78 is 2.91. The number of rotatable bonds is 3. The van der Waals surface area contributed by atoms with Gasteiger partial charge in [-0.2, -0.15) is 0 Å². The van der Waals surface area contributed by atoms with Crippen molar-refractivity contribution in [3.05, 3.63) is 63.0 Å². The molecule has 0 spiro atoms. The van der Waals surface area contributed by atoms with E-state index in [2.05, 4.69) is 15.6 Å². The van der Waals surface area contributed by atoms with Crippen LogP contribution in [-0.2, 0) is 13.1 Å². The van der Waals surface area contributed by atoms with Crippen LogP contribution in [0.15, 0.2) is 41.2 Å². The summed E-state index contributed by atoms with van der Waals surface area (Å²) in [7, 11) is 0. The highest BCUT2D eigenvalue weighted by molar-refractivity contribution is 7.18. The van der Waals surface area contributed by atoms with Crippen molar-refractivity contribution in [2.75, 3.05) is 13.1 Å². The number of carbonyl (C=O) groups excluding carboxylic acids is 1. The van der Waals surface area contributed by atoms with Crippen molar-refractivity contribution in [3.8, 4) is 0 Å². The third kappa shape index (κ3) is 4.05. The molecule has 154 valence electrons. The fraction of sp³-hybridized carbons (Fsp3) is 0.350. The number of piperidine rings is 1. The Balaban J connectivity index is 0.00000120. The minimum atomic E-state index is -0.330. The first kappa shape index (κ1) is 21.8. The van der Waals surface area contributed by atoms with E-state index in [-0.39, 0.29) is 41.8 Å². The van der Waals surface area contributed by atoms with Crippen molar-refractivity contribution < 1.29 is 4.79 Å². The number of carbonyl (C=O) groups is 1. The van der Waals surface area contributed by atoms with E-state index in [0.29, 0.717) is 24.9 Å². The van der Waals surface area contributed by atoms with Crippen molar-refractivity contribution in [2.45, 2.75) is 25.4 Å². The molecule has 9 heteroatoms. The van der Waals surface area contributed by atoms with Crippen LogP contribution >= 0.6 is 36.2 Å².